The first-order valence-electron chi connectivity index (χ1n) is 6.21. The molecule has 0 saturated carbocycles. The summed E-state index contributed by atoms with van der Waals surface area (Å²) in [7, 11) is 0. The van der Waals surface area contributed by atoms with Gasteiger partial charge in [0.1, 0.15) is 0 Å². The molecule has 0 radical (unpaired) electrons. The number of benzene rings is 2. The molecule has 2 N–H and O–H groups in total. The van der Waals surface area contributed by atoms with E-state index in [0.29, 0.717) is 6.54 Å². The molecule has 0 saturated heterocycles. The van der Waals surface area contributed by atoms with Gasteiger partial charge >= 0.3 is 0 Å². The number of thiophene rings is 1. The summed E-state index contributed by atoms with van der Waals surface area (Å²) in [4.78, 5) is 0. The van der Waals surface area contributed by atoms with Crippen molar-refractivity contribution in [3.8, 4) is 0 Å². The average Bonchev–Trinajstić information content (AvgIpc) is 2.84. The number of rotatable bonds is 3. The van der Waals surface area contributed by atoms with Gasteiger partial charge in [-0.15, -0.1) is 11.3 Å². The van der Waals surface area contributed by atoms with Crippen LogP contribution in [0.25, 0.3) is 10.1 Å². The fourth-order valence-electron chi connectivity index (χ4n) is 2.42. The molecule has 1 unspecified atom stereocenters. The van der Waals surface area contributed by atoms with E-state index in [1.807, 2.05) is 18.2 Å². The predicted molar refractivity (Wildman–Crippen MR) is 84.2 cm³/mol. The molecule has 2 aromatic carbocycles. The van der Waals surface area contributed by atoms with Gasteiger partial charge in [-0.1, -0.05) is 41.9 Å². The summed E-state index contributed by atoms with van der Waals surface area (Å²) in [5.41, 5.74) is 8.53. The zero-order chi connectivity index (χ0) is 13.2. The van der Waals surface area contributed by atoms with Gasteiger partial charge in [-0.25, -0.2) is 0 Å². The SMILES string of the molecule is NCC(c1ccccc1)c1csc2ccc(Cl)cc12. The third-order valence-corrected chi connectivity index (χ3v) is 4.60. The minimum absolute atomic E-state index is 0.230. The van der Waals surface area contributed by atoms with Crippen molar-refractivity contribution in [3.63, 3.8) is 0 Å². The normalized spacial score (nSPS) is 12.7. The van der Waals surface area contributed by atoms with Gasteiger partial charge in [-0.2, -0.15) is 0 Å². The highest BCUT2D eigenvalue weighted by molar-refractivity contribution is 7.17. The number of nitrogens with two attached hydrogens (primary N) is 1. The third kappa shape index (κ3) is 2.39. The minimum atomic E-state index is 0.230. The Bertz CT molecular complexity index is 690. The molecule has 0 fully saturated rings. The van der Waals surface area contributed by atoms with Crippen LogP contribution in [0.1, 0.15) is 17.0 Å². The Kier molecular flexibility index (Phi) is 3.56. The van der Waals surface area contributed by atoms with Crippen molar-refractivity contribution in [2.24, 2.45) is 5.73 Å². The van der Waals surface area contributed by atoms with Crippen molar-refractivity contribution in [1.82, 2.24) is 0 Å². The van der Waals surface area contributed by atoms with Crippen molar-refractivity contribution < 1.29 is 0 Å². The standard InChI is InChI=1S/C16H14ClNS/c17-12-6-7-16-13(8-12)15(10-19-16)14(9-18)11-4-2-1-3-5-11/h1-8,10,14H,9,18H2. The first-order valence-corrected chi connectivity index (χ1v) is 7.47. The van der Waals surface area contributed by atoms with E-state index in [-0.39, 0.29) is 5.92 Å². The van der Waals surface area contributed by atoms with Gasteiger partial charge in [0, 0.05) is 22.2 Å². The lowest BCUT2D eigenvalue weighted by molar-refractivity contribution is 0.829. The van der Waals surface area contributed by atoms with E-state index in [4.69, 9.17) is 17.3 Å². The van der Waals surface area contributed by atoms with Crippen LogP contribution in [0.4, 0.5) is 0 Å². The molecule has 0 amide bonds. The maximum atomic E-state index is 6.11. The van der Waals surface area contributed by atoms with E-state index in [0.717, 1.165) is 5.02 Å². The van der Waals surface area contributed by atoms with Crippen LogP contribution in [0.5, 0.6) is 0 Å². The van der Waals surface area contributed by atoms with Crippen molar-refractivity contribution in [1.29, 1.82) is 0 Å². The van der Waals surface area contributed by atoms with Crippen LogP contribution in [-0.2, 0) is 0 Å². The van der Waals surface area contributed by atoms with Gasteiger partial charge in [0.2, 0.25) is 0 Å². The highest BCUT2D eigenvalue weighted by atomic mass is 35.5. The van der Waals surface area contributed by atoms with Gasteiger partial charge in [-0.3, -0.25) is 0 Å². The van der Waals surface area contributed by atoms with Crippen LogP contribution in [0.2, 0.25) is 5.02 Å². The molecule has 3 aromatic rings. The summed E-state index contributed by atoms with van der Waals surface area (Å²) < 4.78 is 1.26. The number of fused-ring (bicyclic) bond motifs is 1. The fourth-order valence-corrected chi connectivity index (χ4v) is 3.59. The zero-order valence-corrected chi connectivity index (χ0v) is 11.9. The monoisotopic (exact) mass is 287 g/mol. The van der Waals surface area contributed by atoms with Crippen molar-refractivity contribution in [3.05, 3.63) is 70.1 Å². The smallest absolute Gasteiger partial charge is 0.0413 e. The molecule has 0 bridgehead atoms. The number of hydrogen-bond donors (Lipinski definition) is 1. The Hall–Kier alpha value is -1.35. The Labute approximate surface area is 121 Å². The number of halogens is 1. The zero-order valence-electron chi connectivity index (χ0n) is 10.3. The van der Waals surface area contributed by atoms with Crippen LogP contribution in [-0.4, -0.2) is 6.54 Å². The van der Waals surface area contributed by atoms with E-state index in [1.54, 1.807) is 11.3 Å². The molecule has 0 aliphatic rings. The summed E-state index contributed by atoms with van der Waals surface area (Å²) in [5.74, 6) is 0.230. The first kappa shape index (κ1) is 12.7. The minimum Gasteiger partial charge on any atom is -0.330 e. The van der Waals surface area contributed by atoms with Crippen LogP contribution in [0.3, 0.4) is 0 Å². The second-order valence-corrected chi connectivity index (χ2v) is 5.88. The van der Waals surface area contributed by atoms with Gasteiger partial charge < -0.3 is 5.73 Å². The molecule has 0 aliphatic heterocycles. The van der Waals surface area contributed by atoms with Gasteiger partial charge in [-0.05, 0) is 40.1 Å². The Morgan fingerprint density at radius 1 is 1.11 bits per heavy atom. The molecule has 0 spiro atoms. The molecule has 19 heavy (non-hydrogen) atoms. The van der Waals surface area contributed by atoms with E-state index in [1.165, 1.54) is 21.2 Å². The molecule has 1 aromatic heterocycles. The summed E-state index contributed by atoms with van der Waals surface area (Å²) in [5, 5.41) is 4.19. The molecule has 0 aliphatic carbocycles. The Morgan fingerprint density at radius 2 is 1.89 bits per heavy atom. The number of hydrogen-bond acceptors (Lipinski definition) is 2. The summed E-state index contributed by atoms with van der Waals surface area (Å²) in [6, 6.07) is 16.4. The van der Waals surface area contributed by atoms with Gasteiger partial charge in [0.05, 0.1) is 0 Å². The summed E-state index contributed by atoms with van der Waals surface area (Å²) >= 11 is 7.86. The molecule has 1 atom stereocenters. The fraction of sp³-hybridized carbons (Fsp3) is 0.125. The van der Waals surface area contributed by atoms with E-state index in [9.17, 15) is 0 Å². The summed E-state index contributed by atoms with van der Waals surface area (Å²) in [6.07, 6.45) is 0. The first-order chi connectivity index (χ1) is 9.29. The predicted octanol–water partition coefficient (Wildman–Crippen LogP) is 4.65. The van der Waals surface area contributed by atoms with Crippen LogP contribution >= 0.6 is 22.9 Å². The molecule has 96 valence electrons. The molecular weight excluding hydrogens is 274 g/mol. The Morgan fingerprint density at radius 3 is 2.63 bits per heavy atom. The topological polar surface area (TPSA) is 26.0 Å². The van der Waals surface area contributed by atoms with Crippen molar-refractivity contribution in [2.45, 2.75) is 5.92 Å². The lowest BCUT2D eigenvalue weighted by Crippen LogP contribution is -2.13. The van der Waals surface area contributed by atoms with Crippen LogP contribution in [0.15, 0.2) is 53.9 Å². The van der Waals surface area contributed by atoms with Crippen molar-refractivity contribution in [2.75, 3.05) is 6.54 Å². The maximum absolute atomic E-state index is 6.11. The van der Waals surface area contributed by atoms with Crippen LogP contribution < -0.4 is 5.73 Å². The largest absolute Gasteiger partial charge is 0.330 e. The highest BCUT2D eigenvalue weighted by Crippen LogP contribution is 2.35. The second kappa shape index (κ2) is 5.33. The molecular formula is C16H14ClNS. The van der Waals surface area contributed by atoms with Gasteiger partial charge in [0.25, 0.3) is 0 Å². The quantitative estimate of drug-likeness (QED) is 0.746. The molecule has 3 heteroatoms. The summed E-state index contributed by atoms with van der Waals surface area (Å²) in [6.45, 7) is 0.600. The lowest BCUT2D eigenvalue weighted by atomic mass is 9.91. The van der Waals surface area contributed by atoms with Crippen LogP contribution in [0, 0.1) is 0 Å². The van der Waals surface area contributed by atoms with Crippen molar-refractivity contribution >= 4 is 33.0 Å². The maximum Gasteiger partial charge on any atom is 0.0413 e. The second-order valence-electron chi connectivity index (χ2n) is 4.53. The molecule has 1 heterocycles. The highest BCUT2D eigenvalue weighted by Gasteiger charge is 2.16. The van der Waals surface area contributed by atoms with E-state index >= 15 is 0 Å². The van der Waals surface area contributed by atoms with E-state index in [2.05, 4.69) is 35.7 Å². The average molecular weight is 288 g/mol. The molecule has 3 rings (SSSR count). The third-order valence-electron chi connectivity index (χ3n) is 3.38. The molecule has 1 nitrogen and oxygen atoms in total. The van der Waals surface area contributed by atoms with E-state index < -0.39 is 0 Å². The van der Waals surface area contributed by atoms with Gasteiger partial charge in [0.15, 0.2) is 0 Å². The lowest BCUT2D eigenvalue weighted by Gasteiger charge is -2.15. The Balaban J connectivity index is 2.14.